The topological polar surface area (TPSA) is 82.7 Å². The third kappa shape index (κ3) is 3.00. The molecule has 0 aliphatic rings. The fourth-order valence-corrected chi connectivity index (χ4v) is 2.13. The number of hydrogen-bond donors (Lipinski definition) is 3. The first kappa shape index (κ1) is 13.1. The Labute approximate surface area is 121 Å². The molecule has 0 bridgehead atoms. The number of aromatic amines is 1. The van der Waals surface area contributed by atoms with E-state index < -0.39 is 0 Å². The van der Waals surface area contributed by atoms with Crippen molar-refractivity contribution in [3.8, 4) is 0 Å². The second-order valence-corrected chi connectivity index (χ2v) is 4.72. The summed E-state index contributed by atoms with van der Waals surface area (Å²) in [6.07, 6.45) is 0. The molecule has 6 nitrogen and oxygen atoms in total. The Morgan fingerprint density at radius 2 is 1.95 bits per heavy atom. The number of para-hydroxylation sites is 1. The highest BCUT2D eigenvalue weighted by atomic mass is 16.1. The van der Waals surface area contributed by atoms with Gasteiger partial charge >= 0.3 is 0 Å². The van der Waals surface area contributed by atoms with Crippen LogP contribution in [0.15, 0.2) is 42.5 Å². The van der Waals surface area contributed by atoms with Crippen LogP contribution in [-0.4, -0.2) is 21.3 Å². The summed E-state index contributed by atoms with van der Waals surface area (Å²) >= 11 is 0. The summed E-state index contributed by atoms with van der Waals surface area (Å²) in [4.78, 5) is 11.2. The third-order valence-corrected chi connectivity index (χ3v) is 3.13. The maximum Gasteiger partial charge on any atom is 0.221 e. The van der Waals surface area contributed by atoms with Gasteiger partial charge in [-0.15, -0.1) is 0 Å². The molecule has 21 heavy (non-hydrogen) atoms. The molecule has 3 N–H and O–H groups in total. The second-order valence-electron chi connectivity index (χ2n) is 4.72. The maximum atomic E-state index is 11.2. The predicted molar refractivity (Wildman–Crippen MR) is 82.0 cm³/mol. The number of aromatic nitrogens is 3. The molecule has 0 radical (unpaired) electrons. The minimum atomic E-state index is -0.0773. The fourth-order valence-electron chi connectivity index (χ4n) is 2.13. The normalized spacial score (nSPS) is 10.5. The number of nitrogens with one attached hydrogen (secondary N) is 3. The van der Waals surface area contributed by atoms with Crippen molar-refractivity contribution in [1.82, 2.24) is 15.4 Å². The quantitative estimate of drug-likeness (QED) is 0.686. The van der Waals surface area contributed by atoms with E-state index in [1.165, 1.54) is 6.92 Å². The van der Waals surface area contributed by atoms with Gasteiger partial charge in [-0.05, 0) is 29.8 Å². The van der Waals surface area contributed by atoms with E-state index in [1.807, 2.05) is 42.5 Å². The summed E-state index contributed by atoms with van der Waals surface area (Å²) in [5.74, 6) is -0.0773. The molecule has 0 saturated carbocycles. The summed E-state index contributed by atoms with van der Waals surface area (Å²) in [6, 6.07) is 13.5. The van der Waals surface area contributed by atoms with Crippen molar-refractivity contribution in [3.05, 3.63) is 48.0 Å². The monoisotopic (exact) mass is 281 g/mol. The van der Waals surface area contributed by atoms with Gasteiger partial charge in [-0.2, -0.15) is 15.4 Å². The van der Waals surface area contributed by atoms with Gasteiger partial charge in [0.2, 0.25) is 5.91 Å². The van der Waals surface area contributed by atoms with Crippen LogP contribution in [0.25, 0.3) is 11.0 Å². The average molecular weight is 281 g/mol. The van der Waals surface area contributed by atoms with E-state index >= 15 is 0 Å². The summed E-state index contributed by atoms with van der Waals surface area (Å²) in [5, 5.41) is 16.8. The number of anilines is 2. The van der Waals surface area contributed by atoms with E-state index in [-0.39, 0.29) is 5.91 Å². The molecule has 0 aliphatic carbocycles. The van der Waals surface area contributed by atoms with E-state index in [2.05, 4.69) is 26.0 Å². The molecule has 1 heterocycles. The molecule has 6 heteroatoms. The van der Waals surface area contributed by atoms with Crippen molar-refractivity contribution in [2.24, 2.45) is 0 Å². The molecule has 0 saturated heterocycles. The van der Waals surface area contributed by atoms with Gasteiger partial charge in [0.1, 0.15) is 11.0 Å². The standard InChI is InChI=1S/C15H15N5O/c1-10(21)17-13-5-3-2-4-11(13)9-16-12-6-7-14-15(8-12)19-20-18-14/h2-8,16H,9H2,1H3,(H,17,21)(H,18,19,20). The lowest BCUT2D eigenvalue weighted by Crippen LogP contribution is -2.10. The van der Waals surface area contributed by atoms with Crippen LogP contribution in [0.1, 0.15) is 12.5 Å². The van der Waals surface area contributed by atoms with E-state index in [1.54, 1.807) is 0 Å². The number of amides is 1. The van der Waals surface area contributed by atoms with Crippen LogP contribution in [0, 0.1) is 0 Å². The SMILES string of the molecule is CC(=O)Nc1ccccc1CNc1ccc2n[nH]nc2c1. The van der Waals surface area contributed by atoms with Crippen molar-refractivity contribution >= 4 is 28.3 Å². The highest BCUT2D eigenvalue weighted by molar-refractivity contribution is 5.89. The van der Waals surface area contributed by atoms with Gasteiger partial charge in [0, 0.05) is 24.8 Å². The Hall–Kier alpha value is -2.89. The van der Waals surface area contributed by atoms with Crippen LogP contribution >= 0.6 is 0 Å². The largest absolute Gasteiger partial charge is 0.381 e. The lowest BCUT2D eigenvalue weighted by Gasteiger charge is -2.11. The first-order chi connectivity index (χ1) is 10.2. The zero-order valence-electron chi connectivity index (χ0n) is 11.6. The smallest absolute Gasteiger partial charge is 0.221 e. The number of rotatable bonds is 4. The van der Waals surface area contributed by atoms with Crippen LogP contribution in [-0.2, 0) is 11.3 Å². The average Bonchev–Trinajstić information content (AvgIpc) is 2.93. The summed E-state index contributed by atoms with van der Waals surface area (Å²) < 4.78 is 0. The van der Waals surface area contributed by atoms with E-state index in [4.69, 9.17) is 0 Å². The molecule has 0 fully saturated rings. The van der Waals surface area contributed by atoms with Crippen molar-refractivity contribution in [2.45, 2.75) is 13.5 Å². The van der Waals surface area contributed by atoms with Crippen molar-refractivity contribution in [2.75, 3.05) is 10.6 Å². The Morgan fingerprint density at radius 3 is 2.81 bits per heavy atom. The van der Waals surface area contributed by atoms with Gasteiger partial charge in [0.25, 0.3) is 0 Å². The Kier molecular flexibility index (Phi) is 3.51. The number of carbonyl (C=O) groups is 1. The van der Waals surface area contributed by atoms with E-state index in [0.717, 1.165) is 28.0 Å². The molecule has 1 aromatic heterocycles. The first-order valence-corrected chi connectivity index (χ1v) is 6.62. The molecular weight excluding hydrogens is 266 g/mol. The Bertz CT molecular complexity index is 780. The highest BCUT2D eigenvalue weighted by Crippen LogP contribution is 2.19. The zero-order valence-corrected chi connectivity index (χ0v) is 11.6. The van der Waals surface area contributed by atoms with Gasteiger partial charge in [-0.1, -0.05) is 18.2 Å². The highest BCUT2D eigenvalue weighted by Gasteiger charge is 2.04. The molecule has 0 atom stereocenters. The van der Waals surface area contributed by atoms with Crippen LogP contribution in [0.4, 0.5) is 11.4 Å². The van der Waals surface area contributed by atoms with E-state index in [0.29, 0.717) is 6.54 Å². The molecule has 3 rings (SSSR count). The third-order valence-electron chi connectivity index (χ3n) is 3.13. The molecule has 0 spiro atoms. The molecule has 1 amide bonds. The van der Waals surface area contributed by atoms with Crippen molar-refractivity contribution < 1.29 is 4.79 Å². The van der Waals surface area contributed by atoms with Crippen LogP contribution < -0.4 is 10.6 Å². The summed E-state index contributed by atoms with van der Waals surface area (Å²) in [6.45, 7) is 2.11. The molecule has 106 valence electrons. The molecule has 0 aliphatic heterocycles. The number of fused-ring (bicyclic) bond motifs is 1. The molecular formula is C15H15N5O. The van der Waals surface area contributed by atoms with E-state index in [9.17, 15) is 4.79 Å². The lowest BCUT2D eigenvalue weighted by atomic mass is 10.1. The van der Waals surface area contributed by atoms with Gasteiger partial charge in [0.05, 0.1) is 0 Å². The Balaban J connectivity index is 1.76. The number of H-pyrrole nitrogens is 1. The summed E-state index contributed by atoms with van der Waals surface area (Å²) in [7, 11) is 0. The van der Waals surface area contributed by atoms with Gasteiger partial charge in [-0.3, -0.25) is 4.79 Å². The predicted octanol–water partition coefficient (Wildman–Crippen LogP) is 2.53. The first-order valence-electron chi connectivity index (χ1n) is 6.62. The van der Waals surface area contributed by atoms with Gasteiger partial charge in [-0.25, -0.2) is 0 Å². The van der Waals surface area contributed by atoms with Crippen LogP contribution in [0.5, 0.6) is 0 Å². The lowest BCUT2D eigenvalue weighted by molar-refractivity contribution is -0.114. The fraction of sp³-hybridized carbons (Fsp3) is 0.133. The number of benzene rings is 2. The minimum absolute atomic E-state index is 0.0773. The maximum absolute atomic E-state index is 11.2. The molecule has 2 aromatic carbocycles. The van der Waals surface area contributed by atoms with Crippen LogP contribution in [0.2, 0.25) is 0 Å². The summed E-state index contributed by atoms with van der Waals surface area (Å²) in [5.41, 5.74) is 4.44. The van der Waals surface area contributed by atoms with Crippen molar-refractivity contribution in [1.29, 1.82) is 0 Å². The van der Waals surface area contributed by atoms with Crippen molar-refractivity contribution in [3.63, 3.8) is 0 Å². The number of hydrogen-bond acceptors (Lipinski definition) is 4. The van der Waals surface area contributed by atoms with Gasteiger partial charge < -0.3 is 10.6 Å². The second kappa shape index (κ2) is 5.62. The van der Waals surface area contributed by atoms with Crippen LogP contribution in [0.3, 0.4) is 0 Å². The Morgan fingerprint density at radius 1 is 1.14 bits per heavy atom. The number of carbonyl (C=O) groups excluding carboxylic acids is 1. The zero-order chi connectivity index (χ0) is 14.7. The number of nitrogens with zero attached hydrogens (tertiary/aromatic N) is 2. The molecule has 0 unspecified atom stereocenters. The van der Waals surface area contributed by atoms with Gasteiger partial charge in [0.15, 0.2) is 0 Å². The minimum Gasteiger partial charge on any atom is -0.381 e. The molecule has 3 aromatic rings.